The predicted molar refractivity (Wildman–Crippen MR) is 97.2 cm³/mol. The summed E-state index contributed by atoms with van der Waals surface area (Å²) in [5, 5.41) is 4.39. The van der Waals surface area contributed by atoms with Gasteiger partial charge >= 0.3 is 0 Å². The quantitative estimate of drug-likeness (QED) is 0.437. The summed E-state index contributed by atoms with van der Waals surface area (Å²) in [6.45, 7) is 2.13. The first kappa shape index (κ1) is 15.5. The molecule has 0 radical (unpaired) electrons. The molecule has 0 fully saturated rings. The Morgan fingerprint density at radius 2 is 1.41 bits per heavy atom. The Morgan fingerprint density at radius 1 is 0.909 bits per heavy atom. The fraction of sp³-hybridized carbons (Fsp3) is 0.263. The summed E-state index contributed by atoms with van der Waals surface area (Å²) in [6.07, 6.45) is 2.04. The molecule has 114 valence electrons. The van der Waals surface area contributed by atoms with Crippen LogP contribution in [0.2, 0.25) is 0 Å². The van der Waals surface area contributed by atoms with Gasteiger partial charge in [0.2, 0.25) is 0 Å². The largest absolute Gasteiger partial charge is 0.254 e. The van der Waals surface area contributed by atoms with Crippen LogP contribution in [0.15, 0.2) is 53.4 Å². The number of hydrogen-bond donors (Lipinski definition) is 0. The third kappa shape index (κ3) is 2.66. The van der Waals surface area contributed by atoms with Crippen LogP contribution < -0.4 is 0 Å². The van der Waals surface area contributed by atoms with Gasteiger partial charge in [0.1, 0.15) is 0 Å². The fourth-order valence-corrected chi connectivity index (χ4v) is 4.83. The molecule has 0 bridgehead atoms. The molecule has 1 atom stereocenters. The fourth-order valence-electron chi connectivity index (χ4n) is 2.95. The van der Waals surface area contributed by atoms with E-state index in [4.69, 9.17) is 11.6 Å². The number of halogens is 1. The van der Waals surface area contributed by atoms with Crippen molar-refractivity contribution in [3.63, 3.8) is 0 Å². The van der Waals surface area contributed by atoms with E-state index in [2.05, 4.69) is 31.2 Å². The van der Waals surface area contributed by atoms with E-state index in [1.165, 1.54) is 0 Å². The SMILES string of the molecule is CCCCS(=O)c1c2ccccc2c(CCl)c2ccccc12. The van der Waals surface area contributed by atoms with Gasteiger partial charge in [-0.25, -0.2) is 0 Å². The normalized spacial score (nSPS) is 12.8. The third-order valence-corrected chi connectivity index (χ3v) is 5.86. The van der Waals surface area contributed by atoms with Crippen molar-refractivity contribution in [3.05, 3.63) is 54.1 Å². The molecular weight excluding hydrogens is 312 g/mol. The van der Waals surface area contributed by atoms with E-state index in [1.807, 2.05) is 24.3 Å². The van der Waals surface area contributed by atoms with E-state index < -0.39 is 10.8 Å². The molecule has 0 saturated carbocycles. The molecule has 0 aliphatic rings. The summed E-state index contributed by atoms with van der Waals surface area (Å²) in [4.78, 5) is 0.966. The molecule has 0 aliphatic heterocycles. The van der Waals surface area contributed by atoms with Crippen LogP contribution in [0.4, 0.5) is 0 Å². The average molecular weight is 331 g/mol. The molecule has 0 N–H and O–H groups in total. The first-order valence-electron chi connectivity index (χ1n) is 7.64. The monoisotopic (exact) mass is 330 g/mol. The van der Waals surface area contributed by atoms with Gasteiger partial charge in [0.05, 0.1) is 15.7 Å². The lowest BCUT2D eigenvalue weighted by Crippen LogP contribution is -2.01. The third-order valence-electron chi connectivity index (χ3n) is 4.04. The van der Waals surface area contributed by atoms with Crippen molar-refractivity contribution in [3.8, 4) is 0 Å². The van der Waals surface area contributed by atoms with Gasteiger partial charge in [-0.05, 0) is 33.5 Å². The molecule has 1 unspecified atom stereocenters. The first-order chi connectivity index (χ1) is 10.8. The van der Waals surface area contributed by atoms with Gasteiger partial charge in [-0.2, -0.15) is 0 Å². The second-order valence-corrected chi connectivity index (χ2v) is 7.21. The second-order valence-electron chi connectivity index (χ2n) is 5.44. The Balaban J connectivity index is 2.39. The van der Waals surface area contributed by atoms with Crippen LogP contribution in [-0.4, -0.2) is 9.96 Å². The molecule has 3 heteroatoms. The van der Waals surface area contributed by atoms with Crippen LogP contribution in [0.5, 0.6) is 0 Å². The van der Waals surface area contributed by atoms with Gasteiger partial charge in [0.25, 0.3) is 0 Å². The van der Waals surface area contributed by atoms with Gasteiger partial charge in [0.15, 0.2) is 0 Å². The highest BCUT2D eigenvalue weighted by Gasteiger charge is 2.16. The molecular formula is C19H19ClOS. The van der Waals surface area contributed by atoms with E-state index >= 15 is 0 Å². The van der Waals surface area contributed by atoms with Gasteiger partial charge in [-0.3, -0.25) is 4.21 Å². The Hall–Kier alpha value is -1.38. The number of fused-ring (bicyclic) bond motifs is 2. The van der Waals surface area contributed by atoms with E-state index in [0.717, 1.165) is 44.8 Å². The molecule has 0 heterocycles. The van der Waals surface area contributed by atoms with Crippen LogP contribution in [-0.2, 0) is 16.7 Å². The maximum atomic E-state index is 12.9. The van der Waals surface area contributed by atoms with Crippen LogP contribution in [0.3, 0.4) is 0 Å². The Labute approximate surface area is 138 Å². The minimum atomic E-state index is -0.986. The van der Waals surface area contributed by atoms with Crippen molar-refractivity contribution in [1.29, 1.82) is 0 Å². The number of unbranched alkanes of at least 4 members (excludes halogenated alkanes) is 1. The second kappa shape index (κ2) is 6.80. The highest BCUT2D eigenvalue weighted by atomic mass is 35.5. The van der Waals surface area contributed by atoms with E-state index in [9.17, 15) is 4.21 Å². The van der Waals surface area contributed by atoms with Crippen LogP contribution in [0.25, 0.3) is 21.5 Å². The molecule has 22 heavy (non-hydrogen) atoms. The molecule has 3 aromatic rings. The zero-order valence-electron chi connectivity index (χ0n) is 12.6. The topological polar surface area (TPSA) is 17.1 Å². The molecule has 0 amide bonds. The van der Waals surface area contributed by atoms with Gasteiger partial charge < -0.3 is 0 Å². The lowest BCUT2D eigenvalue weighted by molar-refractivity contribution is 0.680. The summed E-state index contributed by atoms with van der Waals surface area (Å²) < 4.78 is 12.9. The van der Waals surface area contributed by atoms with Gasteiger partial charge in [0, 0.05) is 11.6 Å². The lowest BCUT2D eigenvalue weighted by Gasteiger charge is -2.15. The summed E-state index contributed by atoms with van der Waals surface area (Å²) in [5.74, 6) is 1.17. The van der Waals surface area contributed by atoms with Crippen LogP contribution in [0, 0.1) is 0 Å². The Morgan fingerprint density at radius 3 is 1.86 bits per heavy atom. The average Bonchev–Trinajstić information content (AvgIpc) is 2.57. The minimum absolute atomic E-state index is 0.461. The summed E-state index contributed by atoms with van der Waals surface area (Å²) in [5.41, 5.74) is 1.13. The van der Waals surface area contributed by atoms with Crippen molar-refractivity contribution in [2.45, 2.75) is 30.5 Å². The van der Waals surface area contributed by atoms with Crippen molar-refractivity contribution in [2.24, 2.45) is 0 Å². The maximum absolute atomic E-state index is 12.9. The highest BCUT2D eigenvalue weighted by Crippen LogP contribution is 2.35. The lowest BCUT2D eigenvalue weighted by atomic mass is 9.97. The molecule has 0 saturated heterocycles. The Kier molecular flexibility index (Phi) is 4.80. The molecule has 1 nitrogen and oxygen atoms in total. The first-order valence-corrected chi connectivity index (χ1v) is 9.50. The van der Waals surface area contributed by atoms with Crippen molar-refractivity contribution >= 4 is 43.9 Å². The van der Waals surface area contributed by atoms with Crippen LogP contribution in [0.1, 0.15) is 25.3 Å². The molecule has 3 aromatic carbocycles. The minimum Gasteiger partial charge on any atom is -0.254 e. The zero-order chi connectivity index (χ0) is 15.5. The smallest absolute Gasteiger partial charge is 0.0544 e. The summed E-state index contributed by atoms with van der Waals surface area (Å²) in [7, 11) is -0.986. The Bertz CT molecular complexity index is 784. The summed E-state index contributed by atoms with van der Waals surface area (Å²) in [6, 6.07) is 16.4. The number of hydrogen-bond acceptors (Lipinski definition) is 1. The highest BCUT2D eigenvalue weighted by molar-refractivity contribution is 7.85. The molecule has 0 aromatic heterocycles. The molecule has 0 spiro atoms. The van der Waals surface area contributed by atoms with Gasteiger partial charge in [-0.1, -0.05) is 61.9 Å². The van der Waals surface area contributed by atoms with Gasteiger partial charge in [-0.15, -0.1) is 11.6 Å². The zero-order valence-corrected chi connectivity index (χ0v) is 14.2. The van der Waals surface area contributed by atoms with Crippen molar-refractivity contribution in [1.82, 2.24) is 0 Å². The predicted octanol–water partition coefficient (Wildman–Crippen LogP) is 5.64. The van der Waals surface area contributed by atoms with E-state index in [0.29, 0.717) is 11.6 Å². The van der Waals surface area contributed by atoms with E-state index in [1.54, 1.807) is 0 Å². The van der Waals surface area contributed by atoms with Crippen LogP contribution >= 0.6 is 11.6 Å². The number of benzene rings is 3. The van der Waals surface area contributed by atoms with Crippen molar-refractivity contribution in [2.75, 3.05) is 5.75 Å². The maximum Gasteiger partial charge on any atom is 0.0544 e. The summed E-state index contributed by atoms with van der Waals surface area (Å²) >= 11 is 6.22. The van der Waals surface area contributed by atoms with Crippen molar-refractivity contribution < 1.29 is 4.21 Å². The molecule has 0 aliphatic carbocycles. The molecule has 3 rings (SSSR count). The number of rotatable bonds is 5. The van der Waals surface area contributed by atoms with E-state index in [-0.39, 0.29) is 0 Å². The number of alkyl halides is 1. The standard InChI is InChI=1S/C19H19ClOS/c1-2-3-12-22(21)19-16-10-6-4-8-14(16)18(13-20)15-9-5-7-11-17(15)19/h4-11H,2-3,12-13H2,1H3.